The number of nitrogens with zero attached hydrogens (tertiary/aromatic N) is 1. The molecule has 3 aromatic rings. The van der Waals surface area contributed by atoms with Crippen LogP contribution in [0, 0.1) is 0 Å². The zero-order valence-corrected chi connectivity index (χ0v) is 21.0. The van der Waals surface area contributed by atoms with Gasteiger partial charge in [0.2, 0.25) is 6.10 Å². The summed E-state index contributed by atoms with van der Waals surface area (Å²) in [5.41, 5.74) is 7.64. The van der Waals surface area contributed by atoms with Crippen molar-refractivity contribution in [2.45, 2.75) is 39.5 Å². The van der Waals surface area contributed by atoms with Crippen LogP contribution in [0.15, 0.2) is 77.8 Å². The van der Waals surface area contributed by atoms with Gasteiger partial charge in [-0.1, -0.05) is 36.4 Å². The molecule has 0 saturated heterocycles. The van der Waals surface area contributed by atoms with E-state index in [1.807, 2.05) is 51.1 Å². The summed E-state index contributed by atoms with van der Waals surface area (Å²) in [6.07, 6.45) is -2.45. The van der Waals surface area contributed by atoms with Crippen LogP contribution in [0.4, 0.5) is 4.79 Å². The van der Waals surface area contributed by atoms with Gasteiger partial charge in [0.05, 0.1) is 12.7 Å². The third kappa shape index (κ3) is 7.99. The maximum atomic E-state index is 13.3. The van der Waals surface area contributed by atoms with Crippen molar-refractivity contribution in [3.8, 4) is 17.2 Å². The summed E-state index contributed by atoms with van der Waals surface area (Å²) in [6.45, 7) is 6.46. The number of hydrogen-bond donors (Lipinski definition) is 3. The number of hydrogen-bond acceptors (Lipinski definition) is 5. The number of carbonyl (C=O) groups is 2. The number of carbonyl (C=O) groups excluding carboxylic acids is 1. The highest BCUT2D eigenvalue weighted by atomic mass is 16.5. The molecule has 0 aromatic heterocycles. The maximum Gasteiger partial charge on any atom is 0.433 e. The molecule has 1 atom stereocenters. The summed E-state index contributed by atoms with van der Waals surface area (Å²) in [6, 6.07) is 21.1. The van der Waals surface area contributed by atoms with Gasteiger partial charge in [0.25, 0.3) is 5.91 Å². The average molecular weight is 506 g/mol. The first-order chi connectivity index (χ1) is 17.8. The van der Waals surface area contributed by atoms with Crippen molar-refractivity contribution in [2.24, 2.45) is 10.7 Å². The van der Waals surface area contributed by atoms with Gasteiger partial charge in [-0.15, -0.1) is 0 Å². The zero-order chi connectivity index (χ0) is 26.8. The molecule has 0 aliphatic rings. The molecule has 2 amide bonds. The summed E-state index contributed by atoms with van der Waals surface area (Å²) >= 11 is 0. The van der Waals surface area contributed by atoms with Gasteiger partial charge >= 0.3 is 6.09 Å². The minimum Gasteiger partial charge on any atom is -0.490 e. The fraction of sp³-hybridized carbons (Fsp3) is 0.250. The lowest BCUT2D eigenvalue weighted by atomic mass is 10.1. The van der Waals surface area contributed by atoms with E-state index < -0.39 is 12.2 Å². The van der Waals surface area contributed by atoms with Crippen LogP contribution in [0.1, 0.15) is 43.6 Å². The smallest absolute Gasteiger partial charge is 0.433 e. The number of amides is 2. The quantitative estimate of drug-likeness (QED) is 0.254. The van der Waals surface area contributed by atoms with Crippen LogP contribution in [0.5, 0.6) is 17.2 Å². The van der Waals surface area contributed by atoms with Gasteiger partial charge < -0.3 is 30.4 Å². The molecule has 9 heteroatoms. The number of aliphatic imine (C=N–C) groups is 1. The standard InChI is InChI=1S/C28H31N3O6/c1-4-35-24-16-21(12-15-23(24)36-18(2)3)25(27(32)30-17-19-8-6-5-7-9-19)37-22-13-10-20(11-14-22)26(29)31-28(33)34/h5-16,18,25H,4,17H2,1-3H3,(H2,29,31)(H,30,32)(H,33,34). The average Bonchev–Trinajstić information content (AvgIpc) is 2.87. The molecule has 0 heterocycles. The first-order valence-electron chi connectivity index (χ1n) is 11.9. The second-order valence-electron chi connectivity index (χ2n) is 8.31. The predicted octanol–water partition coefficient (Wildman–Crippen LogP) is 4.69. The highest BCUT2D eigenvalue weighted by molar-refractivity contribution is 6.02. The summed E-state index contributed by atoms with van der Waals surface area (Å²) in [5, 5.41) is 11.7. The normalized spacial score (nSPS) is 12.1. The Morgan fingerprint density at radius 2 is 1.68 bits per heavy atom. The van der Waals surface area contributed by atoms with E-state index >= 15 is 0 Å². The molecule has 194 valence electrons. The molecule has 0 aliphatic carbocycles. The summed E-state index contributed by atoms with van der Waals surface area (Å²) in [4.78, 5) is 27.4. The molecule has 0 aliphatic heterocycles. The first kappa shape index (κ1) is 27.1. The summed E-state index contributed by atoms with van der Waals surface area (Å²) in [7, 11) is 0. The van der Waals surface area contributed by atoms with E-state index in [-0.39, 0.29) is 17.8 Å². The number of rotatable bonds is 11. The molecule has 0 fully saturated rings. The molecule has 0 saturated carbocycles. The van der Waals surface area contributed by atoms with E-state index in [0.29, 0.717) is 41.5 Å². The Morgan fingerprint density at radius 3 is 2.30 bits per heavy atom. The summed E-state index contributed by atoms with van der Waals surface area (Å²) < 4.78 is 17.7. The second-order valence-corrected chi connectivity index (χ2v) is 8.31. The van der Waals surface area contributed by atoms with E-state index in [1.54, 1.807) is 42.5 Å². The molecule has 4 N–H and O–H groups in total. The molecule has 0 spiro atoms. The van der Waals surface area contributed by atoms with Crippen molar-refractivity contribution < 1.29 is 28.9 Å². The van der Waals surface area contributed by atoms with Crippen molar-refractivity contribution in [1.82, 2.24) is 5.32 Å². The van der Waals surface area contributed by atoms with Crippen LogP contribution in [-0.4, -0.2) is 35.7 Å². The van der Waals surface area contributed by atoms with Gasteiger partial charge in [0.15, 0.2) is 11.5 Å². The fourth-order valence-corrected chi connectivity index (χ4v) is 3.47. The second kappa shape index (κ2) is 13.0. The Kier molecular flexibility index (Phi) is 9.48. The highest BCUT2D eigenvalue weighted by Gasteiger charge is 2.25. The van der Waals surface area contributed by atoms with E-state index in [4.69, 9.17) is 25.1 Å². The third-order valence-corrected chi connectivity index (χ3v) is 5.10. The van der Waals surface area contributed by atoms with Crippen LogP contribution < -0.4 is 25.3 Å². The number of benzene rings is 3. The van der Waals surface area contributed by atoms with Crippen molar-refractivity contribution in [3.05, 3.63) is 89.5 Å². The monoisotopic (exact) mass is 505 g/mol. The molecule has 37 heavy (non-hydrogen) atoms. The molecule has 0 bridgehead atoms. The molecule has 3 rings (SSSR count). The summed E-state index contributed by atoms with van der Waals surface area (Å²) in [5.74, 6) is 0.970. The van der Waals surface area contributed by atoms with Crippen LogP contribution in [0.3, 0.4) is 0 Å². The minimum atomic E-state index is -1.39. The molecular formula is C28H31N3O6. The lowest BCUT2D eigenvalue weighted by Gasteiger charge is -2.21. The number of nitrogens with two attached hydrogens (primary N) is 1. The highest BCUT2D eigenvalue weighted by Crippen LogP contribution is 2.33. The molecule has 0 radical (unpaired) electrons. The Balaban J connectivity index is 1.90. The van der Waals surface area contributed by atoms with Gasteiger partial charge in [0, 0.05) is 17.7 Å². The van der Waals surface area contributed by atoms with Crippen LogP contribution in [0.25, 0.3) is 0 Å². The molecule has 9 nitrogen and oxygen atoms in total. The number of nitrogens with one attached hydrogen (secondary N) is 1. The minimum absolute atomic E-state index is 0.0538. The largest absolute Gasteiger partial charge is 0.490 e. The van der Waals surface area contributed by atoms with Crippen molar-refractivity contribution in [1.29, 1.82) is 0 Å². The van der Waals surface area contributed by atoms with E-state index in [1.165, 1.54) is 0 Å². The van der Waals surface area contributed by atoms with Crippen molar-refractivity contribution >= 4 is 17.8 Å². The van der Waals surface area contributed by atoms with Crippen LogP contribution >= 0.6 is 0 Å². The molecular weight excluding hydrogens is 474 g/mol. The number of carboxylic acid groups (broad SMARTS) is 1. The van der Waals surface area contributed by atoms with Crippen molar-refractivity contribution in [3.63, 3.8) is 0 Å². The van der Waals surface area contributed by atoms with Gasteiger partial charge in [-0.2, -0.15) is 4.99 Å². The first-order valence-corrected chi connectivity index (χ1v) is 11.9. The third-order valence-electron chi connectivity index (χ3n) is 5.10. The topological polar surface area (TPSA) is 132 Å². The number of ether oxygens (including phenoxy) is 3. The number of amidine groups is 1. The van der Waals surface area contributed by atoms with E-state index in [9.17, 15) is 9.59 Å². The van der Waals surface area contributed by atoms with E-state index in [0.717, 1.165) is 5.56 Å². The lowest BCUT2D eigenvalue weighted by molar-refractivity contribution is -0.128. The van der Waals surface area contributed by atoms with Gasteiger partial charge in [-0.25, -0.2) is 4.79 Å². The predicted molar refractivity (Wildman–Crippen MR) is 140 cm³/mol. The Morgan fingerprint density at radius 1 is 0.973 bits per heavy atom. The zero-order valence-electron chi connectivity index (χ0n) is 21.0. The Bertz CT molecular complexity index is 1230. The Hall–Kier alpha value is -4.53. The van der Waals surface area contributed by atoms with Crippen molar-refractivity contribution in [2.75, 3.05) is 6.61 Å². The van der Waals surface area contributed by atoms with E-state index in [2.05, 4.69) is 10.3 Å². The Labute approximate surface area is 215 Å². The molecule has 3 aromatic carbocycles. The molecule has 1 unspecified atom stereocenters. The van der Waals surface area contributed by atoms with Gasteiger partial charge in [-0.3, -0.25) is 4.79 Å². The fourth-order valence-electron chi connectivity index (χ4n) is 3.47. The maximum absolute atomic E-state index is 13.3. The van der Waals surface area contributed by atoms with Gasteiger partial charge in [0.1, 0.15) is 11.6 Å². The van der Waals surface area contributed by atoms with Gasteiger partial charge in [-0.05, 0) is 62.7 Å². The van der Waals surface area contributed by atoms with Crippen LogP contribution in [0.2, 0.25) is 0 Å². The SMILES string of the molecule is CCOc1cc(C(Oc2ccc(C(N)=NC(=O)O)cc2)C(=O)NCc2ccccc2)ccc1OC(C)C. The van der Waals surface area contributed by atoms with Crippen LogP contribution in [-0.2, 0) is 11.3 Å². The lowest BCUT2D eigenvalue weighted by Crippen LogP contribution is -2.32.